The molecule has 2 rings (SSSR count). The molecule has 0 aliphatic carbocycles. The molecule has 0 bridgehead atoms. The number of nitrogens with zero attached hydrogens (tertiary/aromatic N) is 1. The molecule has 0 heterocycles. The van der Waals surface area contributed by atoms with E-state index in [1.54, 1.807) is 13.0 Å². The first kappa shape index (κ1) is 15.2. The fourth-order valence-corrected chi connectivity index (χ4v) is 2.00. The number of hydrogen-bond donors (Lipinski definition) is 2. The van der Waals surface area contributed by atoms with Crippen molar-refractivity contribution in [2.75, 3.05) is 5.32 Å². The van der Waals surface area contributed by atoms with E-state index >= 15 is 0 Å². The smallest absolute Gasteiger partial charge is 0.256 e. The average Bonchev–Trinajstić information content (AvgIpc) is 2.48. The number of nitrogens with one attached hydrogen (secondary N) is 1. The molecule has 6 heteroatoms. The quantitative estimate of drug-likeness (QED) is 0.910. The van der Waals surface area contributed by atoms with Crippen LogP contribution in [0.2, 0.25) is 0 Å². The van der Waals surface area contributed by atoms with Crippen molar-refractivity contribution >= 4 is 17.5 Å². The van der Waals surface area contributed by atoms with E-state index in [1.807, 2.05) is 6.07 Å². The molecule has 0 unspecified atom stereocenters. The fraction of sp³-hybridized carbons (Fsp3) is 0.0625. The third-order valence-electron chi connectivity index (χ3n) is 3.11. The number of carbonyl (C=O) groups is 2. The minimum atomic E-state index is -0.914. The molecular formula is C16H12FN3O2. The summed E-state index contributed by atoms with van der Waals surface area (Å²) >= 11 is 0. The Labute approximate surface area is 126 Å². The van der Waals surface area contributed by atoms with Gasteiger partial charge in [-0.3, -0.25) is 9.59 Å². The van der Waals surface area contributed by atoms with Gasteiger partial charge in [-0.1, -0.05) is 6.07 Å². The van der Waals surface area contributed by atoms with Crippen LogP contribution in [0.15, 0.2) is 36.4 Å². The van der Waals surface area contributed by atoms with E-state index in [1.165, 1.54) is 30.3 Å². The van der Waals surface area contributed by atoms with E-state index < -0.39 is 17.6 Å². The summed E-state index contributed by atoms with van der Waals surface area (Å²) in [6.07, 6.45) is 0. The van der Waals surface area contributed by atoms with Crippen LogP contribution < -0.4 is 11.1 Å². The number of halogens is 1. The van der Waals surface area contributed by atoms with Crippen LogP contribution in [0.4, 0.5) is 10.1 Å². The Hall–Kier alpha value is -3.20. The lowest BCUT2D eigenvalue weighted by molar-refractivity contribution is 0.0992. The maximum absolute atomic E-state index is 14.1. The number of nitrogens with two attached hydrogens (primary N) is 1. The summed E-state index contributed by atoms with van der Waals surface area (Å²) in [4.78, 5) is 23.3. The van der Waals surface area contributed by atoms with Gasteiger partial charge in [0.05, 0.1) is 22.9 Å². The Morgan fingerprint density at radius 3 is 2.55 bits per heavy atom. The van der Waals surface area contributed by atoms with Crippen molar-refractivity contribution in [3.63, 3.8) is 0 Å². The van der Waals surface area contributed by atoms with E-state index in [0.29, 0.717) is 16.7 Å². The zero-order valence-corrected chi connectivity index (χ0v) is 11.7. The standard InChI is InChI=1S/C16H12FN3O2/c1-9-7-10(8-18)5-6-11(9)16(22)20-13-4-2-3-12(14(13)17)15(19)21/h2-7H,1H3,(H2,19,21)(H,20,22). The van der Waals surface area contributed by atoms with Crippen LogP contribution in [-0.2, 0) is 0 Å². The van der Waals surface area contributed by atoms with Gasteiger partial charge in [0.1, 0.15) is 0 Å². The summed E-state index contributed by atoms with van der Waals surface area (Å²) in [6.45, 7) is 1.67. The highest BCUT2D eigenvalue weighted by Gasteiger charge is 2.16. The molecule has 3 N–H and O–H groups in total. The van der Waals surface area contributed by atoms with Gasteiger partial charge in [0.25, 0.3) is 11.8 Å². The molecule has 2 amide bonds. The van der Waals surface area contributed by atoms with E-state index in [0.717, 1.165) is 0 Å². The van der Waals surface area contributed by atoms with Gasteiger partial charge in [-0.2, -0.15) is 5.26 Å². The van der Waals surface area contributed by atoms with Crippen LogP contribution in [0, 0.1) is 24.1 Å². The molecule has 0 saturated heterocycles. The predicted octanol–water partition coefficient (Wildman–Crippen LogP) is 2.36. The van der Waals surface area contributed by atoms with Crippen LogP contribution >= 0.6 is 0 Å². The van der Waals surface area contributed by atoms with Gasteiger partial charge in [0.15, 0.2) is 5.82 Å². The number of primary amides is 1. The molecule has 22 heavy (non-hydrogen) atoms. The Balaban J connectivity index is 2.32. The average molecular weight is 297 g/mol. The van der Waals surface area contributed by atoms with Gasteiger partial charge in [0.2, 0.25) is 0 Å². The minimum absolute atomic E-state index is 0.134. The molecular weight excluding hydrogens is 285 g/mol. The first-order chi connectivity index (χ1) is 10.4. The van der Waals surface area contributed by atoms with Crippen LogP contribution in [0.1, 0.15) is 31.8 Å². The van der Waals surface area contributed by atoms with E-state index in [4.69, 9.17) is 11.0 Å². The lowest BCUT2D eigenvalue weighted by atomic mass is 10.0. The summed E-state index contributed by atoms with van der Waals surface area (Å²) in [6, 6.07) is 10.5. The number of benzene rings is 2. The van der Waals surface area contributed by atoms with Crippen molar-refractivity contribution in [2.45, 2.75) is 6.92 Å². The van der Waals surface area contributed by atoms with Crippen LogP contribution in [0.25, 0.3) is 0 Å². The number of amides is 2. The van der Waals surface area contributed by atoms with Crippen LogP contribution in [0.5, 0.6) is 0 Å². The lowest BCUT2D eigenvalue weighted by Crippen LogP contribution is -2.18. The molecule has 0 saturated carbocycles. The maximum Gasteiger partial charge on any atom is 0.256 e. The molecule has 110 valence electrons. The predicted molar refractivity (Wildman–Crippen MR) is 78.8 cm³/mol. The van der Waals surface area contributed by atoms with Gasteiger partial charge in [-0.25, -0.2) is 4.39 Å². The SMILES string of the molecule is Cc1cc(C#N)ccc1C(=O)Nc1cccc(C(N)=O)c1F. The van der Waals surface area contributed by atoms with Crippen molar-refractivity contribution in [3.8, 4) is 6.07 Å². The molecule has 0 aliphatic heterocycles. The summed E-state index contributed by atoms with van der Waals surface area (Å²) in [7, 11) is 0. The number of aryl methyl sites for hydroxylation is 1. The Kier molecular flexibility index (Phi) is 4.18. The lowest BCUT2D eigenvalue weighted by Gasteiger charge is -2.10. The van der Waals surface area contributed by atoms with Crippen molar-refractivity contribution in [2.24, 2.45) is 5.73 Å². The van der Waals surface area contributed by atoms with E-state index in [2.05, 4.69) is 5.32 Å². The summed E-state index contributed by atoms with van der Waals surface area (Å²) in [5, 5.41) is 11.2. The van der Waals surface area contributed by atoms with Crippen LogP contribution in [0.3, 0.4) is 0 Å². The van der Waals surface area contributed by atoms with Crippen LogP contribution in [-0.4, -0.2) is 11.8 Å². The van der Waals surface area contributed by atoms with Gasteiger partial charge in [0, 0.05) is 5.56 Å². The molecule has 5 nitrogen and oxygen atoms in total. The summed E-state index contributed by atoms with van der Waals surface area (Å²) in [5.74, 6) is -2.33. The number of hydrogen-bond acceptors (Lipinski definition) is 3. The van der Waals surface area contributed by atoms with Crippen molar-refractivity contribution < 1.29 is 14.0 Å². The largest absolute Gasteiger partial charge is 0.366 e. The topological polar surface area (TPSA) is 96.0 Å². The molecule has 0 spiro atoms. The second kappa shape index (κ2) is 6.06. The Morgan fingerprint density at radius 2 is 1.95 bits per heavy atom. The van der Waals surface area contributed by atoms with Gasteiger partial charge in [-0.05, 0) is 42.8 Å². The monoisotopic (exact) mass is 297 g/mol. The van der Waals surface area contributed by atoms with E-state index in [9.17, 15) is 14.0 Å². The number of nitriles is 1. The first-order valence-corrected chi connectivity index (χ1v) is 6.34. The maximum atomic E-state index is 14.1. The Morgan fingerprint density at radius 1 is 1.23 bits per heavy atom. The summed E-state index contributed by atoms with van der Waals surface area (Å²) in [5.41, 5.74) is 5.95. The number of rotatable bonds is 3. The zero-order valence-electron chi connectivity index (χ0n) is 11.7. The van der Waals surface area contributed by atoms with Crippen molar-refractivity contribution in [1.29, 1.82) is 5.26 Å². The van der Waals surface area contributed by atoms with Crippen molar-refractivity contribution in [3.05, 3.63) is 64.5 Å². The Bertz CT molecular complexity index is 810. The first-order valence-electron chi connectivity index (χ1n) is 6.34. The molecule has 2 aromatic rings. The molecule has 0 atom stereocenters. The third-order valence-corrected chi connectivity index (χ3v) is 3.11. The highest BCUT2D eigenvalue weighted by atomic mass is 19.1. The normalized spacial score (nSPS) is 9.86. The molecule has 2 aromatic carbocycles. The highest BCUT2D eigenvalue weighted by Crippen LogP contribution is 2.19. The number of anilines is 1. The molecule has 0 aromatic heterocycles. The second-order valence-corrected chi connectivity index (χ2v) is 4.63. The fourth-order valence-electron chi connectivity index (χ4n) is 2.00. The molecule has 0 aliphatic rings. The third kappa shape index (κ3) is 2.94. The van der Waals surface area contributed by atoms with Gasteiger partial charge < -0.3 is 11.1 Å². The minimum Gasteiger partial charge on any atom is -0.366 e. The van der Waals surface area contributed by atoms with Gasteiger partial charge in [-0.15, -0.1) is 0 Å². The zero-order chi connectivity index (χ0) is 16.3. The number of carbonyl (C=O) groups excluding carboxylic acids is 2. The molecule has 0 fully saturated rings. The van der Waals surface area contributed by atoms with Gasteiger partial charge >= 0.3 is 0 Å². The van der Waals surface area contributed by atoms with E-state index in [-0.39, 0.29) is 11.3 Å². The van der Waals surface area contributed by atoms with Crippen molar-refractivity contribution in [1.82, 2.24) is 0 Å². The highest BCUT2D eigenvalue weighted by molar-refractivity contribution is 6.06. The second-order valence-electron chi connectivity index (χ2n) is 4.63. The summed E-state index contributed by atoms with van der Waals surface area (Å²) < 4.78 is 14.1. The molecule has 0 radical (unpaired) electrons.